The van der Waals surface area contributed by atoms with Crippen molar-refractivity contribution in [3.8, 4) is 11.5 Å². The first-order valence-electron chi connectivity index (χ1n) is 7.22. The zero-order chi connectivity index (χ0) is 16.4. The molecule has 23 heavy (non-hydrogen) atoms. The van der Waals surface area contributed by atoms with Gasteiger partial charge in [0.25, 0.3) is 10.0 Å². The first-order valence-corrected chi connectivity index (χ1v) is 9.54. The molecule has 1 aliphatic heterocycles. The van der Waals surface area contributed by atoms with E-state index >= 15 is 0 Å². The van der Waals surface area contributed by atoms with Crippen LogP contribution in [0.1, 0.15) is 12.1 Å². The zero-order valence-corrected chi connectivity index (χ0v) is 14.6. The topological polar surface area (TPSA) is 68.7 Å². The number of ether oxygens (including phenoxy) is 2. The minimum absolute atomic E-state index is 0.168. The highest BCUT2D eigenvalue weighted by Crippen LogP contribution is 2.34. The van der Waals surface area contributed by atoms with Crippen molar-refractivity contribution in [2.24, 2.45) is 0 Å². The molecule has 6 nitrogen and oxygen atoms in total. The number of sulfonamides is 1. The van der Waals surface area contributed by atoms with Crippen LogP contribution >= 0.6 is 11.3 Å². The van der Waals surface area contributed by atoms with Gasteiger partial charge in [-0.25, -0.2) is 8.42 Å². The first kappa shape index (κ1) is 16.2. The average Bonchev–Trinajstić information content (AvgIpc) is 3.18. The number of pyridine rings is 1. The van der Waals surface area contributed by atoms with Gasteiger partial charge in [0.1, 0.15) is 17.6 Å². The summed E-state index contributed by atoms with van der Waals surface area (Å²) in [5.74, 6) is 1.09. The predicted octanol–water partition coefficient (Wildman–Crippen LogP) is 2.30. The van der Waals surface area contributed by atoms with E-state index in [0.29, 0.717) is 31.0 Å². The van der Waals surface area contributed by atoms with E-state index in [4.69, 9.17) is 9.47 Å². The van der Waals surface area contributed by atoms with E-state index in [9.17, 15) is 8.42 Å². The van der Waals surface area contributed by atoms with Crippen LogP contribution in [0.15, 0.2) is 34.0 Å². The average molecular weight is 354 g/mol. The van der Waals surface area contributed by atoms with E-state index in [1.165, 1.54) is 22.8 Å². The maximum atomic E-state index is 12.7. The van der Waals surface area contributed by atoms with Gasteiger partial charge in [0.15, 0.2) is 4.21 Å². The van der Waals surface area contributed by atoms with Gasteiger partial charge in [0.2, 0.25) is 0 Å². The Hall–Kier alpha value is -1.64. The second-order valence-electron chi connectivity index (χ2n) is 5.25. The van der Waals surface area contributed by atoms with Gasteiger partial charge in [-0.2, -0.15) is 4.31 Å². The molecule has 1 atom stereocenters. The summed E-state index contributed by atoms with van der Waals surface area (Å²) in [5.41, 5.74) is 0.800. The van der Waals surface area contributed by atoms with Gasteiger partial charge in [0, 0.05) is 12.7 Å². The van der Waals surface area contributed by atoms with Crippen LogP contribution in [0.4, 0.5) is 0 Å². The zero-order valence-electron chi connectivity index (χ0n) is 12.9. The van der Waals surface area contributed by atoms with Gasteiger partial charge < -0.3 is 9.47 Å². The number of nitrogens with zero attached hydrogens (tertiary/aromatic N) is 2. The molecule has 1 fully saturated rings. The molecule has 0 bridgehead atoms. The van der Waals surface area contributed by atoms with E-state index in [1.807, 2.05) is 19.1 Å². The fourth-order valence-corrected chi connectivity index (χ4v) is 5.43. The molecule has 0 amide bonds. The molecule has 0 radical (unpaired) electrons. The molecule has 2 aromatic heterocycles. The highest BCUT2D eigenvalue weighted by Gasteiger charge is 2.36. The molecule has 3 heterocycles. The number of thiophene rings is 1. The maximum absolute atomic E-state index is 12.7. The summed E-state index contributed by atoms with van der Waals surface area (Å²) >= 11 is 1.17. The van der Waals surface area contributed by atoms with Gasteiger partial charge in [-0.1, -0.05) is 0 Å². The SMILES string of the molecule is COc1ccsc1S(=O)(=O)N1CC[C@@H](Oc2cccnc2C)C1. The van der Waals surface area contributed by atoms with E-state index in [0.717, 1.165) is 5.69 Å². The number of methoxy groups -OCH3 is 1. The number of aryl methyl sites for hydroxylation is 1. The smallest absolute Gasteiger partial charge is 0.256 e. The minimum atomic E-state index is -3.54. The van der Waals surface area contributed by atoms with E-state index in [-0.39, 0.29) is 10.3 Å². The van der Waals surface area contributed by atoms with Crippen LogP contribution in [-0.4, -0.2) is 44.0 Å². The van der Waals surface area contributed by atoms with Crippen LogP contribution in [0.2, 0.25) is 0 Å². The molecule has 1 saturated heterocycles. The number of aromatic nitrogens is 1. The van der Waals surface area contributed by atoms with Crippen molar-refractivity contribution < 1.29 is 17.9 Å². The largest absolute Gasteiger partial charge is 0.494 e. The van der Waals surface area contributed by atoms with Crippen LogP contribution in [0.25, 0.3) is 0 Å². The summed E-state index contributed by atoms with van der Waals surface area (Å²) in [4.78, 5) is 4.18. The molecule has 0 aromatic carbocycles. The predicted molar refractivity (Wildman–Crippen MR) is 87.6 cm³/mol. The van der Waals surface area contributed by atoms with Gasteiger partial charge in [-0.05, 0) is 36.9 Å². The maximum Gasteiger partial charge on any atom is 0.256 e. The van der Waals surface area contributed by atoms with Crippen LogP contribution in [-0.2, 0) is 10.0 Å². The highest BCUT2D eigenvalue weighted by atomic mass is 32.2. The summed E-state index contributed by atoms with van der Waals surface area (Å²) in [6.45, 7) is 2.64. The Morgan fingerprint density at radius 1 is 1.35 bits per heavy atom. The molecule has 3 rings (SSSR count). The molecule has 0 spiro atoms. The summed E-state index contributed by atoms with van der Waals surface area (Å²) in [6.07, 6.45) is 2.19. The third-order valence-electron chi connectivity index (χ3n) is 3.75. The summed E-state index contributed by atoms with van der Waals surface area (Å²) in [5, 5.41) is 1.72. The molecule has 0 unspecified atom stereocenters. The van der Waals surface area contributed by atoms with Crippen molar-refractivity contribution in [2.75, 3.05) is 20.2 Å². The van der Waals surface area contributed by atoms with Crippen molar-refractivity contribution >= 4 is 21.4 Å². The molecule has 124 valence electrons. The molecule has 2 aromatic rings. The van der Waals surface area contributed by atoms with Crippen molar-refractivity contribution in [1.82, 2.24) is 9.29 Å². The number of rotatable bonds is 5. The highest BCUT2D eigenvalue weighted by molar-refractivity contribution is 7.91. The molecule has 0 N–H and O–H groups in total. The Bertz CT molecular complexity index is 788. The van der Waals surface area contributed by atoms with Crippen molar-refractivity contribution in [1.29, 1.82) is 0 Å². The fraction of sp³-hybridized carbons (Fsp3) is 0.400. The molecule has 8 heteroatoms. The van der Waals surface area contributed by atoms with E-state index in [2.05, 4.69) is 4.98 Å². The molecular formula is C15H18N2O4S2. The second kappa shape index (κ2) is 6.46. The summed E-state index contributed by atoms with van der Waals surface area (Å²) in [6, 6.07) is 5.32. The van der Waals surface area contributed by atoms with Crippen molar-refractivity contribution in [2.45, 2.75) is 23.7 Å². The number of hydrogen-bond acceptors (Lipinski definition) is 6. The Balaban J connectivity index is 1.73. The lowest BCUT2D eigenvalue weighted by Gasteiger charge is -2.17. The van der Waals surface area contributed by atoms with Gasteiger partial charge >= 0.3 is 0 Å². The third kappa shape index (κ3) is 3.19. The lowest BCUT2D eigenvalue weighted by molar-refractivity contribution is 0.213. The standard InChI is InChI=1S/C15H18N2O4S2/c1-11-13(4-3-7-16-11)21-12-5-8-17(10-12)23(18,19)15-14(20-2)6-9-22-15/h3-4,6-7,9,12H,5,8,10H2,1-2H3/t12-/m1/s1. The van der Waals surface area contributed by atoms with Crippen molar-refractivity contribution in [3.63, 3.8) is 0 Å². The number of hydrogen-bond donors (Lipinski definition) is 0. The second-order valence-corrected chi connectivity index (χ2v) is 8.30. The quantitative estimate of drug-likeness (QED) is 0.824. The van der Waals surface area contributed by atoms with Gasteiger partial charge in [-0.3, -0.25) is 4.98 Å². The monoisotopic (exact) mass is 354 g/mol. The molecule has 0 aliphatic carbocycles. The fourth-order valence-electron chi connectivity index (χ4n) is 2.53. The Kier molecular flexibility index (Phi) is 4.56. The molecule has 1 aliphatic rings. The Morgan fingerprint density at radius 2 is 2.17 bits per heavy atom. The Labute approximate surface area is 139 Å². The van der Waals surface area contributed by atoms with Crippen LogP contribution in [0.3, 0.4) is 0 Å². The first-order chi connectivity index (χ1) is 11.0. The van der Waals surface area contributed by atoms with E-state index < -0.39 is 10.0 Å². The normalized spacial score (nSPS) is 19.0. The summed E-state index contributed by atoms with van der Waals surface area (Å²) in [7, 11) is -2.07. The lowest BCUT2D eigenvalue weighted by Crippen LogP contribution is -2.30. The minimum Gasteiger partial charge on any atom is -0.494 e. The molecule has 0 saturated carbocycles. The Morgan fingerprint density at radius 3 is 2.91 bits per heavy atom. The van der Waals surface area contributed by atoms with Gasteiger partial charge in [-0.15, -0.1) is 11.3 Å². The van der Waals surface area contributed by atoms with E-state index in [1.54, 1.807) is 17.6 Å². The van der Waals surface area contributed by atoms with Crippen LogP contribution in [0.5, 0.6) is 11.5 Å². The van der Waals surface area contributed by atoms with Crippen LogP contribution < -0.4 is 9.47 Å². The summed E-state index contributed by atoms with van der Waals surface area (Å²) < 4.78 is 38.2. The molecular weight excluding hydrogens is 336 g/mol. The van der Waals surface area contributed by atoms with Gasteiger partial charge in [0.05, 0.1) is 19.3 Å². The van der Waals surface area contributed by atoms with Crippen LogP contribution in [0, 0.1) is 6.92 Å². The third-order valence-corrected chi connectivity index (χ3v) is 7.04. The lowest BCUT2D eigenvalue weighted by atomic mass is 10.3. The van der Waals surface area contributed by atoms with Crippen molar-refractivity contribution in [3.05, 3.63) is 35.5 Å².